The quantitative estimate of drug-likeness (QED) is 0.769. The third-order valence-corrected chi connectivity index (χ3v) is 2.88. The van der Waals surface area contributed by atoms with Crippen LogP contribution in [-0.4, -0.2) is 27.8 Å². The summed E-state index contributed by atoms with van der Waals surface area (Å²) in [5.74, 6) is -0.0630. The minimum absolute atomic E-state index is 0.0630. The van der Waals surface area contributed by atoms with Crippen LogP contribution in [-0.2, 0) is 13.0 Å². The van der Waals surface area contributed by atoms with Crippen molar-refractivity contribution in [1.29, 1.82) is 0 Å². The van der Waals surface area contributed by atoms with E-state index in [-0.39, 0.29) is 18.0 Å². The van der Waals surface area contributed by atoms with Gasteiger partial charge in [-0.2, -0.15) is 5.10 Å². The first-order chi connectivity index (χ1) is 7.65. The highest BCUT2D eigenvalue weighted by atomic mass is 16.2. The number of carbonyl (C=O) groups is 1. The number of nitrogens with two attached hydrogens (primary N) is 1. The van der Waals surface area contributed by atoms with Gasteiger partial charge in [-0.15, -0.1) is 0 Å². The van der Waals surface area contributed by atoms with E-state index in [1.54, 1.807) is 4.68 Å². The van der Waals surface area contributed by atoms with Crippen LogP contribution in [0.4, 0.5) is 0 Å². The standard InChI is InChI=1S/C11H18N4O/c1-3-7-5-10(15(4-2)14-7)11(16)13-9-6-8(9)12/h5,8-9H,3-4,6,12H2,1-2H3,(H,13,16). The Bertz CT molecular complexity index is 399. The van der Waals surface area contributed by atoms with Crippen molar-refractivity contribution in [2.24, 2.45) is 5.73 Å². The summed E-state index contributed by atoms with van der Waals surface area (Å²) in [5.41, 5.74) is 7.25. The van der Waals surface area contributed by atoms with Gasteiger partial charge in [-0.1, -0.05) is 6.92 Å². The first-order valence-corrected chi connectivity index (χ1v) is 5.78. The molecule has 1 saturated carbocycles. The maximum atomic E-state index is 11.9. The molecule has 1 amide bonds. The van der Waals surface area contributed by atoms with E-state index in [4.69, 9.17) is 5.73 Å². The summed E-state index contributed by atoms with van der Waals surface area (Å²) in [7, 11) is 0. The summed E-state index contributed by atoms with van der Waals surface area (Å²) >= 11 is 0. The van der Waals surface area contributed by atoms with Crippen LogP contribution in [0.5, 0.6) is 0 Å². The zero-order valence-corrected chi connectivity index (χ0v) is 9.73. The Balaban J connectivity index is 2.11. The number of aryl methyl sites for hydroxylation is 2. The van der Waals surface area contributed by atoms with E-state index in [2.05, 4.69) is 10.4 Å². The van der Waals surface area contributed by atoms with Crippen LogP contribution in [0.15, 0.2) is 6.07 Å². The van der Waals surface area contributed by atoms with Crippen LogP contribution in [0.25, 0.3) is 0 Å². The van der Waals surface area contributed by atoms with E-state index >= 15 is 0 Å². The van der Waals surface area contributed by atoms with Gasteiger partial charge in [-0.3, -0.25) is 9.48 Å². The molecule has 1 aliphatic rings. The number of amides is 1. The lowest BCUT2D eigenvalue weighted by atomic mass is 10.3. The van der Waals surface area contributed by atoms with Crippen LogP contribution >= 0.6 is 0 Å². The molecule has 0 aromatic carbocycles. The van der Waals surface area contributed by atoms with Gasteiger partial charge in [0.15, 0.2) is 0 Å². The normalized spacial score (nSPS) is 23.2. The smallest absolute Gasteiger partial charge is 0.269 e. The molecule has 0 saturated heterocycles. The molecule has 0 bridgehead atoms. The van der Waals surface area contributed by atoms with Crippen molar-refractivity contribution in [2.75, 3.05) is 0 Å². The Kier molecular flexibility index (Phi) is 2.96. The van der Waals surface area contributed by atoms with Gasteiger partial charge in [0.25, 0.3) is 5.91 Å². The summed E-state index contributed by atoms with van der Waals surface area (Å²) in [5, 5.41) is 7.25. The Hall–Kier alpha value is -1.36. The number of carbonyl (C=O) groups excluding carboxylic acids is 1. The van der Waals surface area contributed by atoms with Crippen molar-refractivity contribution in [1.82, 2.24) is 15.1 Å². The second-order valence-corrected chi connectivity index (χ2v) is 4.17. The first-order valence-electron chi connectivity index (χ1n) is 5.78. The van der Waals surface area contributed by atoms with Crippen molar-refractivity contribution >= 4 is 5.91 Å². The van der Waals surface area contributed by atoms with Crippen LogP contribution in [0, 0.1) is 0 Å². The average Bonchev–Trinajstić information content (AvgIpc) is 2.84. The molecule has 5 heteroatoms. The molecule has 3 N–H and O–H groups in total. The highest BCUT2D eigenvalue weighted by Crippen LogP contribution is 2.18. The number of nitrogens with one attached hydrogen (secondary N) is 1. The van der Waals surface area contributed by atoms with E-state index in [1.165, 1.54) is 0 Å². The predicted octanol–water partition coefficient (Wildman–Crippen LogP) is 0.295. The minimum Gasteiger partial charge on any atom is -0.346 e. The average molecular weight is 222 g/mol. The monoisotopic (exact) mass is 222 g/mol. The molecule has 1 fully saturated rings. The van der Waals surface area contributed by atoms with E-state index in [1.807, 2.05) is 19.9 Å². The maximum absolute atomic E-state index is 11.9. The van der Waals surface area contributed by atoms with E-state index in [9.17, 15) is 4.79 Å². The number of nitrogens with zero attached hydrogens (tertiary/aromatic N) is 2. The number of hydrogen-bond acceptors (Lipinski definition) is 3. The molecular weight excluding hydrogens is 204 g/mol. The Morgan fingerprint density at radius 2 is 2.38 bits per heavy atom. The van der Waals surface area contributed by atoms with Gasteiger partial charge in [-0.25, -0.2) is 0 Å². The van der Waals surface area contributed by atoms with Crippen molar-refractivity contribution in [3.8, 4) is 0 Å². The summed E-state index contributed by atoms with van der Waals surface area (Å²) < 4.78 is 1.74. The lowest BCUT2D eigenvalue weighted by molar-refractivity contribution is 0.0939. The van der Waals surface area contributed by atoms with Crippen molar-refractivity contribution in [3.05, 3.63) is 17.5 Å². The topological polar surface area (TPSA) is 72.9 Å². The summed E-state index contributed by atoms with van der Waals surface area (Å²) in [6.45, 7) is 4.71. The van der Waals surface area contributed by atoms with E-state index < -0.39 is 0 Å². The van der Waals surface area contributed by atoms with Gasteiger partial charge in [-0.05, 0) is 25.8 Å². The van der Waals surface area contributed by atoms with Crippen LogP contribution < -0.4 is 11.1 Å². The fraction of sp³-hybridized carbons (Fsp3) is 0.636. The SMILES string of the molecule is CCc1cc(C(=O)NC2CC2N)n(CC)n1. The molecule has 0 aliphatic heterocycles. The number of aromatic nitrogens is 2. The molecule has 1 aromatic heterocycles. The zero-order chi connectivity index (χ0) is 11.7. The Labute approximate surface area is 95.0 Å². The van der Waals surface area contributed by atoms with Gasteiger partial charge >= 0.3 is 0 Å². The van der Waals surface area contributed by atoms with E-state index in [0.29, 0.717) is 12.2 Å². The molecule has 5 nitrogen and oxygen atoms in total. The maximum Gasteiger partial charge on any atom is 0.269 e. The number of rotatable bonds is 4. The lowest BCUT2D eigenvalue weighted by Gasteiger charge is -2.05. The molecule has 0 radical (unpaired) electrons. The second-order valence-electron chi connectivity index (χ2n) is 4.17. The van der Waals surface area contributed by atoms with Crippen LogP contribution in [0.2, 0.25) is 0 Å². The molecule has 2 atom stereocenters. The fourth-order valence-electron chi connectivity index (χ4n) is 1.69. The predicted molar refractivity (Wildman–Crippen MR) is 61.1 cm³/mol. The highest BCUT2D eigenvalue weighted by molar-refractivity contribution is 5.93. The summed E-state index contributed by atoms with van der Waals surface area (Å²) in [6.07, 6.45) is 1.73. The number of hydrogen-bond donors (Lipinski definition) is 2. The second kappa shape index (κ2) is 4.25. The third kappa shape index (κ3) is 2.09. The molecule has 16 heavy (non-hydrogen) atoms. The van der Waals surface area contributed by atoms with Gasteiger partial charge < -0.3 is 11.1 Å². The highest BCUT2D eigenvalue weighted by Gasteiger charge is 2.35. The van der Waals surface area contributed by atoms with Crippen molar-refractivity contribution in [3.63, 3.8) is 0 Å². The molecule has 2 unspecified atom stereocenters. The van der Waals surface area contributed by atoms with E-state index in [0.717, 1.165) is 18.5 Å². The molecule has 1 heterocycles. The Morgan fingerprint density at radius 1 is 1.69 bits per heavy atom. The molecular formula is C11H18N4O. The van der Waals surface area contributed by atoms with Crippen LogP contribution in [0.1, 0.15) is 36.5 Å². The molecule has 2 rings (SSSR count). The fourth-order valence-corrected chi connectivity index (χ4v) is 1.69. The molecule has 0 spiro atoms. The first kappa shape index (κ1) is 11.1. The van der Waals surface area contributed by atoms with Crippen molar-refractivity contribution in [2.45, 2.75) is 45.3 Å². The third-order valence-electron chi connectivity index (χ3n) is 2.88. The van der Waals surface area contributed by atoms with Gasteiger partial charge in [0, 0.05) is 18.6 Å². The lowest BCUT2D eigenvalue weighted by Crippen LogP contribution is -2.31. The minimum atomic E-state index is -0.0630. The largest absolute Gasteiger partial charge is 0.346 e. The molecule has 88 valence electrons. The Morgan fingerprint density at radius 3 is 2.88 bits per heavy atom. The summed E-state index contributed by atoms with van der Waals surface area (Å²) in [4.78, 5) is 11.9. The van der Waals surface area contributed by atoms with Gasteiger partial charge in [0.2, 0.25) is 0 Å². The van der Waals surface area contributed by atoms with Gasteiger partial charge in [0.1, 0.15) is 5.69 Å². The molecule has 1 aliphatic carbocycles. The summed E-state index contributed by atoms with van der Waals surface area (Å²) in [6, 6.07) is 2.14. The van der Waals surface area contributed by atoms with Crippen molar-refractivity contribution < 1.29 is 4.79 Å². The molecule has 1 aromatic rings. The zero-order valence-electron chi connectivity index (χ0n) is 9.73. The van der Waals surface area contributed by atoms with Crippen LogP contribution in [0.3, 0.4) is 0 Å². The van der Waals surface area contributed by atoms with Gasteiger partial charge in [0.05, 0.1) is 5.69 Å².